The molecule has 21 heavy (non-hydrogen) atoms. The molecule has 0 aliphatic carbocycles. The molecule has 2 atom stereocenters. The third-order valence-corrected chi connectivity index (χ3v) is 4.44. The Balaban J connectivity index is 2.11. The summed E-state index contributed by atoms with van der Waals surface area (Å²) in [7, 11) is 1.65. The van der Waals surface area contributed by atoms with Gasteiger partial charge in [-0.2, -0.15) is 5.10 Å². The minimum Gasteiger partial charge on any atom is -0.384 e. The number of methoxy groups -OCH3 is 1. The summed E-state index contributed by atoms with van der Waals surface area (Å²) in [6.07, 6.45) is 0.757. The van der Waals surface area contributed by atoms with Gasteiger partial charge in [-0.15, -0.1) is 0 Å². The Bertz CT molecular complexity index is 453. The SMILES string of the molecule is COCCn1ncc(Br)c1C(O)C1CN(C(C)C)CCO1. The van der Waals surface area contributed by atoms with E-state index in [0.717, 1.165) is 23.3 Å². The molecule has 1 aliphatic heterocycles. The number of aromatic nitrogens is 2. The lowest BCUT2D eigenvalue weighted by atomic mass is 10.1. The third kappa shape index (κ3) is 4.04. The lowest BCUT2D eigenvalue weighted by Gasteiger charge is -2.37. The van der Waals surface area contributed by atoms with Crippen LogP contribution in [0.15, 0.2) is 10.7 Å². The molecule has 0 amide bonds. The van der Waals surface area contributed by atoms with Crippen molar-refractivity contribution in [2.24, 2.45) is 0 Å². The van der Waals surface area contributed by atoms with Gasteiger partial charge in [-0.25, -0.2) is 0 Å². The van der Waals surface area contributed by atoms with Crippen LogP contribution in [0, 0.1) is 0 Å². The van der Waals surface area contributed by atoms with E-state index in [0.29, 0.717) is 25.8 Å². The molecule has 2 rings (SSSR count). The number of morpholine rings is 1. The Kier molecular flexibility index (Phi) is 6.19. The Labute approximate surface area is 134 Å². The molecule has 120 valence electrons. The lowest BCUT2D eigenvalue weighted by Crippen LogP contribution is -2.48. The van der Waals surface area contributed by atoms with E-state index in [1.165, 1.54) is 0 Å². The van der Waals surface area contributed by atoms with E-state index in [1.54, 1.807) is 18.0 Å². The monoisotopic (exact) mass is 361 g/mol. The highest BCUT2D eigenvalue weighted by molar-refractivity contribution is 9.10. The Morgan fingerprint density at radius 2 is 2.33 bits per heavy atom. The normalized spacial score (nSPS) is 21.9. The summed E-state index contributed by atoms with van der Waals surface area (Å²) in [6.45, 7) is 7.75. The van der Waals surface area contributed by atoms with Crippen molar-refractivity contribution in [3.05, 3.63) is 16.4 Å². The van der Waals surface area contributed by atoms with Gasteiger partial charge >= 0.3 is 0 Å². The number of aliphatic hydroxyl groups excluding tert-OH is 1. The van der Waals surface area contributed by atoms with Gasteiger partial charge in [0.05, 0.1) is 36.1 Å². The smallest absolute Gasteiger partial charge is 0.124 e. The molecule has 7 heteroatoms. The molecule has 1 aromatic heterocycles. The van der Waals surface area contributed by atoms with Gasteiger partial charge in [0.1, 0.15) is 12.2 Å². The zero-order valence-electron chi connectivity index (χ0n) is 12.8. The van der Waals surface area contributed by atoms with E-state index in [9.17, 15) is 5.11 Å². The molecule has 0 saturated carbocycles. The van der Waals surface area contributed by atoms with E-state index in [1.807, 2.05) is 0 Å². The first-order chi connectivity index (χ1) is 10.0. The fourth-order valence-corrected chi connectivity index (χ4v) is 3.09. The molecule has 1 aromatic rings. The molecule has 1 N–H and O–H groups in total. The predicted octanol–water partition coefficient (Wildman–Crippen LogP) is 1.43. The topological polar surface area (TPSA) is 59.8 Å². The highest BCUT2D eigenvalue weighted by atomic mass is 79.9. The minimum absolute atomic E-state index is 0.240. The van der Waals surface area contributed by atoms with Crippen molar-refractivity contribution in [2.45, 2.75) is 38.6 Å². The summed E-state index contributed by atoms with van der Waals surface area (Å²) < 4.78 is 13.4. The second-order valence-electron chi connectivity index (χ2n) is 5.54. The Hall–Kier alpha value is -0.470. The summed E-state index contributed by atoms with van der Waals surface area (Å²) in [5, 5.41) is 15.0. The quantitative estimate of drug-likeness (QED) is 0.830. The maximum atomic E-state index is 10.7. The predicted molar refractivity (Wildman–Crippen MR) is 83.2 cm³/mol. The van der Waals surface area contributed by atoms with Crippen molar-refractivity contribution in [3.8, 4) is 0 Å². The molecule has 0 spiro atoms. The van der Waals surface area contributed by atoms with Crippen LogP contribution >= 0.6 is 15.9 Å². The Morgan fingerprint density at radius 3 is 3.00 bits per heavy atom. The fraction of sp³-hybridized carbons (Fsp3) is 0.786. The summed E-state index contributed by atoms with van der Waals surface area (Å²) in [4.78, 5) is 2.32. The van der Waals surface area contributed by atoms with Crippen molar-refractivity contribution in [1.29, 1.82) is 0 Å². The van der Waals surface area contributed by atoms with Gasteiger partial charge in [-0.3, -0.25) is 9.58 Å². The van der Waals surface area contributed by atoms with Crippen LogP contribution in [-0.2, 0) is 16.0 Å². The molecule has 1 saturated heterocycles. The largest absolute Gasteiger partial charge is 0.384 e. The van der Waals surface area contributed by atoms with Crippen LogP contribution < -0.4 is 0 Å². The van der Waals surface area contributed by atoms with Crippen LogP contribution in [0.2, 0.25) is 0 Å². The molecular weight excluding hydrogens is 338 g/mol. The second-order valence-corrected chi connectivity index (χ2v) is 6.39. The van der Waals surface area contributed by atoms with Crippen molar-refractivity contribution in [1.82, 2.24) is 14.7 Å². The molecule has 2 unspecified atom stereocenters. The second kappa shape index (κ2) is 7.69. The van der Waals surface area contributed by atoms with Crippen LogP contribution in [-0.4, -0.2) is 65.3 Å². The maximum Gasteiger partial charge on any atom is 0.124 e. The number of hydrogen-bond acceptors (Lipinski definition) is 5. The van der Waals surface area contributed by atoms with Gasteiger partial charge in [-0.05, 0) is 29.8 Å². The first-order valence-corrected chi connectivity index (χ1v) is 8.07. The van der Waals surface area contributed by atoms with E-state index in [-0.39, 0.29) is 6.10 Å². The molecule has 2 heterocycles. The number of halogens is 1. The van der Waals surface area contributed by atoms with Gasteiger partial charge in [0.2, 0.25) is 0 Å². The van der Waals surface area contributed by atoms with Gasteiger partial charge in [-0.1, -0.05) is 0 Å². The maximum absolute atomic E-state index is 10.7. The summed E-state index contributed by atoms with van der Waals surface area (Å²) in [5.74, 6) is 0. The van der Waals surface area contributed by atoms with Gasteiger partial charge in [0.25, 0.3) is 0 Å². The van der Waals surface area contributed by atoms with Crippen LogP contribution in [0.25, 0.3) is 0 Å². The van der Waals surface area contributed by atoms with Gasteiger partial charge < -0.3 is 14.6 Å². The first-order valence-electron chi connectivity index (χ1n) is 7.28. The number of ether oxygens (including phenoxy) is 2. The van der Waals surface area contributed by atoms with E-state index in [4.69, 9.17) is 9.47 Å². The number of rotatable bonds is 6. The first kappa shape index (κ1) is 16.9. The van der Waals surface area contributed by atoms with Crippen LogP contribution in [0.1, 0.15) is 25.6 Å². The van der Waals surface area contributed by atoms with E-state index in [2.05, 4.69) is 39.8 Å². The zero-order valence-corrected chi connectivity index (χ0v) is 14.4. The van der Waals surface area contributed by atoms with E-state index < -0.39 is 6.10 Å². The molecule has 6 nitrogen and oxygen atoms in total. The molecule has 1 fully saturated rings. The molecule has 0 radical (unpaired) electrons. The number of hydrogen-bond donors (Lipinski definition) is 1. The molecular formula is C14H24BrN3O3. The summed E-state index contributed by atoms with van der Waals surface area (Å²) in [6, 6.07) is 0.449. The van der Waals surface area contributed by atoms with Crippen LogP contribution in [0.5, 0.6) is 0 Å². The summed E-state index contributed by atoms with van der Waals surface area (Å²) >= 11 is 3.47. The fourth-order valence-electron chi connectivity index (χ4n) is 2.55. The van der Waals surface area contributed by atoms with Crippen molar-refractivity contribution >= 4 is 15.9 Å². The molecule has 0 aromatic carbocycles. The van der Waals surface area contributed by atoms with Crippen molar-refractivity contribution in [2.75, 3.05) is 33.4 Å². The zero-order chi connectivity index (χ0) is 15.4. The number of nitrogens with zero attached hydrogens (tertiary/aromatic N) is 3. The molecule has 0 bridgehead atoms. The average molecular weight is 362 g/mol. The van der Waals surface area contributed by atoms with E-state index >= 15 is 0 Å². The van der Waals surface area contributed by atoms with Crippen molar-refractivity contribution in [3.63, 3.8) is 0 Å². The van der Waals surface area contributed by atoms with Gasteiger partial charge in [0.15, 0.2) is 0 Å². The standard InChI is InChI=1S/C14H24BrN3O3/c1-10(2)17-4-7-21-12(9-17)14(19)13-11(15)8-16-18(13)5-6-20-3/h8,10,12,14,19H,4-7,9H2,1-3H3. The Morgan fingerprint density at radius 1 is 1.57 bits per heavy atom. The van der Waals surface area contributed by atoms with Crippen LogP contribution in [0.3, 0.4) is 0 Å². The molecule has 1 aliphatic rings. The minimum atomic E-state index is -0.708. The average Bonchev–Trinajstić information content (AvgIpc) is 2.85. The highest BCUT2D eigenvalue weighted by Crippen LogP contribution is 2.29. The van der Waals surface area contributed by atoms with Crippen LogP contribution in [0.4, 0.5) is 0 Å². The lowest BCUT2D eigenvalue weighted by molar-refractivity contribution is -0.0986. The third-order valence-electron chi connectivity index (χ3n) is 3.83. The number of aliphatic hydroxyl groups is 1. The van der Waals surface area contributed by atoms with Gasteiger partial charge in [0, 0.05) is 26.2 Å². The summed E-state index contributed by atoms with van der Waals surface area (Å²) in [5.41, 5.74) is 0.752. The highest BCUT2D eigenvalue weighted by Gasteiger charge is 2.32. The van der Waals surface area contributed by atoms with Crippen molar-refractivity contribution < 1.29 is 14.6 Å².